The Morgan fingerprint density at radius 3 is 2.71 bits per heavy atom. The second-order valence-electron chi connectivity index (χ2n) is 3.48. The van der Waals surface area contributed by atoms with Gasteiger partial charge in [0.1, 0.15) is 0 Å². The van der Waals surface area contributed by atoms with Crippen LogP contribution in [-0.4, -0.2) is 23.1 Å². The number of halogens is 1. The van der Waals surface area contributed by atoms with Crippen molar-refractivity contribution in [3.8, 4) is 0 Å². The first kappa shape index (κ1) is 9.46. The van der Waals surface area contributed by atoms with Crippen LogP contribution in [0.4, 0.5) is 5.95 Å². The van der Waals surface area contributed by atoms with E-state index in [1.165, 1.54) is 5.57 Å². The number of piperidine rings is 1. The summed E-state index contributed by atoms with van der Waals surface area (Å²) < 4.78 is 0. The molecule has 0 saturated carbocycles. The van der Waals surface area contributed by atoms with Crippen molar-refractivity contribution >= 4 is 17.5 Å². The summed E-state index contributed by atoms with van der Waals surface area (Å²) in [6.07, 6.45) is 5.50. The largest absolute Gasteiger partial charge is 0.337 e. The van der Waals surface area contributed by atoms with Gasteiger partial charge in [-0.05, 0) is 12.8 Å². The smallest absolute Gasteiger partial charge is 0.225 e. The molecular weight excluding hydrogens is 198 g/mol. The molecule has 1 aliphatic rings. The van der Waals surface area contributed by atoms with Gasteiger partial charge in [0.25, 0.3) is 0 Å². The number of hydrogen-bond acceptors (Lipinski definition) is 3. The van der Waals surface area contributed by atoms with E-state index < -0.39 is 0 Å². The Labute approximate surface area is 88.4 Å². The van der Waals surface area contributed by atoms with Crippen LogP contribution in [0.2, 0.25) is 5.02 Å². The van der Waals surface area contributed by atoms with Crippen LogP contribution in [0, 0.1) is 0 Å². The summed E-state index contributed by atoms with van der Waals surface area (Å²) in [5.74, 6) is 0.746. The molecule has 0 amide bonds. The van der Waals surface area contributed by atoms with Crippen molar-refractivity contribution in [3.63, 3.8) is 0 Å². The predicted octanol–water partition coefficient (Wildman–Crippen LogP) is 2.29. The van der Waals surface area contributed by atoms with Crippen LogP contribution in [-0.2, 0) is 0 Å². The van der Waals surface area contributed by atoms with Crippen LogP contribution in [0.3, 0.4) is 0 Å². The summed E-state index contributed by atoms with van der Waals surface area (Å²) in [6.45, 7) is 5.85. The third kappa shape index (κ3) is 2.04. The molecule has 0 aliphatic carbocycles. The van der Waals surface area contributed by atoms with Gasteiger partial charge in [-0.15, -0.1) is 0 Å². The highest BCUT2D eigenvalue weighted by atomic mass is 35.5. The second-order valence-corrected chi connectivity index (χ2v) is 3.91. The van der Waals surface area contributed by atoms with Gasteiger partial charge in [0.15, 0.2) is 0 Å². The van der Waals surface area contributed by atoms with E-state index in [2.05, 4.69) is 21.4 Å². The van der Waals surface area contributed by atoms with Gasteiger partial charge in [-0.3, -0.25) is 0 Å². The van der Waals surface area contributed by atoms with Gasteiger partial charge >= 0.3 is 0 Å². The fraction of sp³-hybridized carbons (Fsp3) is 0.400. The lowest BCUT2D eigenvalue weighted by Gasteiger charge is -2.27. The van der Waals surface area contributed by atoms with Crippen molar-refractivity contribution in [2.75, 3.05) is 18.0 Å². The topological polar surface area (TPSA) is 29.0 Å². The van der Waals surface area contributed by atoms with Crippen molar-refractivity contribution in [3.05, 3.63) is 29.6 Å². The molecule has 0 aromatic carbocycles. The molecule has 0 spiro atoms. The first-order chi connectivity index (χ1) is 6.75. The molecule has 4 heteroatoms. The van der Waals surface area contributed by atoms with Crippen LogP contribution in [0.15, 0.2) is 24.5 Å². The number of aromatic nitrogens is 2. The Bertz CT molecular complexity index is 334. The maximum absolute atomic E-state index is 5.72. The van der Waals surface area contributed by atoms with Crippen LogP contribution in [0.5, 0.6) is 0 Å². The highest BCUT2D eigenvalue weighted by molar-refractivity contribution is 6.30. The van der Waals surface area contributed by atoms with E-state index in [1.54, 1.807) is 12.4 Å². The molecule has 0 unspecified atom stereocenters. The van der Waals surface area contributed by atoms with E-state index in [0.717, 1.165) is 31.9 Å². The molecular formula is C10H12ClN3. The molecule has 1 aromatic heterocycles. The van der Waals surface area contributed by atoms with Gasteiger partial charge in [-0.2, -0.15) is 0 Å². The van der Waals surface area contributed by atoms with Crippen molar-refractivity contribution in [1.82, 2.24) is 9.97 Å². The Hall–Kier alpha value is -1.09. The quantitative estimate of drug-likeness (QED) is 0.665. The maximum Gasteiger partial charge on any atom is 0.225 e. The molecule has 1 fully saturated rings. The Kier molecular flexibility index (Phi) is 2.68. The summed E-state index contributed by atoms with van der Waals surface area (Å²) in [7, 11) is 0. The number of nitrogens with zero attached hydrogens (tertiary/aromatic N) is 3. The van der Waals surface area contributed by atoms with E-state index in [4.69, 9.17) is 11.6 Å². The third-order valence-electron chi connectivity index (χ3n) is 2.26. The lowest BCUT2D eigenvalue weighted by Crippen LogP contribution is -2.32. The zero-order chi connectivity index (χ0) is 9.97. The molecule has 1 saturated heterocycles. The van der Waals surface area contributed by atoms with Crippen molar-refractivity contribution < 1.29 is 0 Å². The molecule has 74 valence electrons. The van der Waals surface area contributed by atoms with Crippen molar-refractivity contribution in [2.24, 2.45) is 0 Å². The summed E-state index contributed by atoms with van der Waals surface area (Å²) in [6, 6.07) is 0. The third-order valence-corrected chi connectivity index (χ3v) is 2.46. The molecule has 2 rings (SSSR count). The van der Waals surface area contributed by atoms with Crippen molar-refractivity contribution in [2.45, 2.75) is 12.8 Å². The molecule has 3 nitrogen and oxygen atoms in total. The first-order valence-corrected chi connectivity index (χ1v) is 5.02. The van der Waals surface area contributed by atoms with Gasteiger partial charge < -0.3 is 4.90 Å². The maximum atomic E-state index is 5.72. The molecule has 1 aliphatic heterocycles. The molecule has 0 bridgehead atoms. The molecule has 0 N–H and O–H groups in total. The zero-order valence-electron chi connectivity index (χ0n) is 7.91. The molecule has 0 radical (unpaired) electrons. The minimum atomic E-state index is 0.574. The Morgan fingerprint density at radius 2 is 2.07 bits per heavy atom. The SMILES string of the molecule is C=C1CCCN(c2ncc(Cl)cn2)C1. The summed E-state index contributed by atoms with van der Waals surface area (Å²) in [4.78, 5) is 10.5. The van der Waals surface area contributed by atoms with Crippen LogP contribution in [0.1, 0.15) is 12.8 Å². The minimum Gasteiger partial charge on any atom is -0.337 e. The van der Waals surface area contributed by atoms with E-state index >= 15 is 0 Å². The standard InChI is InChI=1S/C10H12ClN3/c1-8-3-2-4-14(7-8)10-12-5-9(11)6-13-10/h5-6H,1-4,7H2. The molecule has 2 heterocycles. The highest BCUT2D eigenvalue weighted by Crippen LogP contribution is 2.18. The Balaban J connectivity index is 2.14. The van der Waals surface area contributed by atoms with E-state index in [-0.39, 0.29) is 0 Å². The average Bonchev–Trinajstić information content (AvgIpc) is 2.19. The van der Waals surface area contributed by atoms with Crippen LogP contribution < -0.4 is 4.90 Å². The van der Waals surface area contributed by atoms with Crippen LogP contribution >= 0.6 is 11.6 Å². The fourth-order valence-corrected chi connectivity index (χ4v) is 1.69. The average molecular weight is 210 g/mol. The van der Waals surface area contributed by atoms with Crippen molar-refractivity contribution in [1.29, 1.82) is 0 Å². The fourth-order valence-electron chi connectivity index (χ4n) is 1.59. The monoisotopic (exact) mass is 209 g/mol. The van der Waals surface area contributed by atoms with E-state index in [0.29, 0.717) is 5.02 Å². The Morgan fingerprint density at radius 1 is 1.36 bits per heavy atom. The molecule has 0 atom stereocenters. The summed E-state index contributed by atoms with van der Waals surface area (Å²) in [5, 5.41) is 0.574. The summed E-state index contributed by atoms with van der Waals surface area (Å²) in [5.41, 5.74) is 1.25. The van der Waals surface area contributed by atoms with E-state index in [9.17, 15) is 0 Å². The van der Waals surface area contributed by atoms with Gasteiger partial charge in [-0.1, -0.05) is 23.8 Å². The number of anilines is 1. The predicted molar refractivity (Wildman–Crippen MR) is 57.6 cm³/mol. The zero-order valence-corrected chi connectivity index (χ0v) is 8.67. The van der Waals surface area contributed by atoms with Gasteiger partial charge in [-0.25, -0.2) is 9.97 Å². The lowest BCUT2D eigenvalue weighted by molar-refractivity contribution is 0.664. The lowest BCUT2D eigenvalue weighted by atomic mass is 10.1. The first-order valence-electron chi connectivity index (χ1n) is 4.65. The number of hydrogen-bond donors (Lipinski definition) is 0. The highest BCUT2D eigenvalue weighted by Gasteiger charge is 2.14. The van der Waals surface area contributed by atoms with E-state index in [1.807, 2.05) is 0 Å². The molecule has 14 heavy (non-hydrogen) atoms. The van der Waals surface area contributed by atoms with Gasteiger partial charge in [0.05, 0.1) is 17.4 Å². The normalized spacial score (nSPS) is 17.2. The number of rotatable bonds is 1. The van der Waals surface area contributed by atoms with Gasteiger partial charge in [0.2, 0.25) is 5.95 Å². The van der Waals surface area contributed by atoms with Crippen LogP contribution in [0.25, 0.3) is 0 Å². The second kappa shape index (κ2) is 3.96. The summed E-state index contributed by atoms with van der Waals surface area (Å²) >= 11 is 5.72. The minimum absolute atomic E-state index is 0.574. The molecule has 1 aromatic rings. The van der Waals surface area contributed by atoms with Gasteiger partial charge in [0, 0.05) is 13.1 Å².